The zero-order valence-corrected chi connectivity index (χ0v) is 19.3. The zero-order valence-electron chi connectivity index (χ0n) is 19.3. The highest BCUT2D eigenvalue weighted by Crippen LogP contribution is 2.33. The van der Waals surface area contributed by atoms with E-state index < -0.39 is 0 Å². The van der Waals surface area contributed by atoms with Crippen LogP contribution in [-0.2, 0) is 16.1 Å². The fourth-order valence-electron chi connectivity index (χ4n) is 5.51. The van der Waals surface area contributed by atoms with Gasteiger partial charge in [-0.15, -0.1) is 0 Å². The molecule has 0 atom stereocenters. The predicted molar refractivity (Wildman–Crippen MR) is 124 cm³/mol. The van der Waals surface area contributed by atoms with Crippen LogP contribution in [0.3, 0.4) is 0 Å². The van der Waals surface area contributed by atoms with Gasteiger partial charge in [-0.1, -0.05) is 43.5 Å². The van der Waals surface area contributed by atoms with Gasteiger partial charge in [-0.2, -0.15) is 0 Å². The summed E-state index contributed by atoms with van der Waals surface area (Å²) in [6.45, 7) is 12.1. The summed E-state index contributed by atoms with van der Waals surface area (Å²) in [4.78, 5) is 20.2. The van der Waals surface area contributed by atoms with Crippen molar-refractivity contribution in [2.45, 2.75) is 51.1 Å². The second-order valence-electron chi connectivity index (χ2n) is 9.64. The van der Waals surface area contributed by atoms with Gasteiger partial charge in [0.2, 0.25) is 5.91 Å². The highest BCUT2D eigenvalue weighted by atomic mass is 16.5. The Morgan fingerprint density at radius 3 is 2.35 bits per heavy atom. The number of hydrogen-bond acceptors (Lipinski definition) is 5. The average Bonchev–Trinajstić information content (AvgIpc) is 2.82. The number of rotatable bonds is 7. The lowest BCUT2D eigenvalue weighted by Gasteiger charge is -2.48. The molecule has 0 radical (unpaired) electrons. The molecule has 1 aromatic carbocycles. The van der Waals surface area contributed by atoms with Crippen molar-refractivity contribution in [2.24, 2.45) is 0 Å². The van der Waals surface area contributed by atoms with Crippen LogP contribution in [0.4, 0.5) is 0 Å². The van der Waals surface area contributed by atoms with Crippen molar-refractivity contribution in [2.75, 3.05) is 65.6 Å². The maximum absolute atomic E-state index is 12.8. The van der Waals surface area contributed by atoms with Gasteiger partial charge in [-0.05, 0) is 30.9 Å². The monoisotopic (exact) mass is 428 g/mol. The van der Waals surface area contributed by atoms with Gasteiger partial charge in [0.15, 0.2) is 0 Å². The molecule has 1 saturated carbocycles. The largest absolute Gasteiger partial charge is 0.379 e. The van der Waals surface area contributed by atoms with Crippen LogP contribution < -0.4 is 5.32 Å². The second-order valence-corrected chi connectivity index (χ2v) is 9.64. The van der Waals surface area contributed by atoms with E-state index >= 15 is 0 Å². The van der Waals surface area contributed by atoms with Crippen LogP contribution in [0.1, 0.15) is 43.2 Å². The first kappa shape index (κ1) is 22.7. The summed E-state index contributed by atoms with van der Waals surface area (Å²) in [5.74, 6) is 0.186. The molecule has 1 aliphatic carbocycles. The lowest BCUT2D eigenvalue weighted by molar-refractivity contribution is -0.124. The molecule has 0 aromatic heterocycles. The molecule has 3 fully saturated rings. The molecule has 2 aliphatic heterocycles. The minimum absolute atomic E-state index is 0.143. The standard InChI is InChI=1S/C25H40N4O2/c1-22-7-3-4-8-23(22)19-27-11-13-28(14-12-27)20-24(30)26-21-25(9-5-2-6-10-25)29-15-17-31-18-16-29/h3-4,7-8H,2,5-6,9-21H2,1H3,(H,26,30). The minimum Gasteiger partial charge on any atom is -0.379 e. The molecule has 1 amide bonds. The smallest absolute Gasteiger partial charge is 0.234 e. The van der Waals surface area contributed by atoms with Crippen LogP contribution in [0.15, 0.2) is 24.3 Å². The van der Waals surface area contributed by atoms with E-state index in [2.05, 4.69) is 51.2 Å². The van der Waals surface area contributed by atoms with E-state index in [9.17, 15) is 4.79 Å². The number of nitrogens with zero attached hydrogens (tertiary/aromatic N) is 3. The number of carbonyl (C=O) groups excluding carboxylic acids is 1. The molecule has 0 spiro atoms. The molecule has 3 aliphatic rings. The van der Waals surface area contributed by atoms with Crippen molar-refractivity contribution in [3.63, 3.8) is 0 Å². The van der Waals surface area contributed by atoms with E-state index in [-0.39, 0.29) is 11.4 Å². The first-order chi connectivity index (χ1) is 15.1. The second kappa shape index (κ2) is 10.9. The third kappa shape index (κ3) is 6.07. The Morgan fingerprint density at radius 2 is 1.65 bits per heavy atom. The van der Waals surface area contributed by atoms with E-state index in [1.807, 2.05) is 0 Å². The fraction of sp³-hybridized carbons (Fsp3) is 0.720. The van der Waals surface area contributed by atoms with Crippen LogP contribution >= 0.6 is 0 Å². The highest BCUT2D eigenvalue weighted by Gasteiger charge is 2.38. The predicted octanol–water partition coefficient (Wildman–Crippen LogP) is 2.26. The molecular weight excluding hydrogens is 388 g/mol. The van der Waals surface area contributed by atoms with Crippen LogP contribution in [0.2, 0.25) is 0 Å². The SMILES string of the molecule is Cc1ccccc1CN1CCN(CC(=O)NCC2(N3CCOCC3)CCCCC2)CC1. The molecule has 2 saturated heterocycles. The summed E-state index contributed by atoms with van der Waals surface area (Å²) in [7, 11) is 0. The number of amides is 1. The van der Waals surface area contributed by atoms with Gasteiger partial charge in [0.1, 0.15) is 0 Å². The molecule has 6 nitrogen and oxygen atoms in total. The van der Waals surface area contributed by atoms with Gasteiger partial charge in [-0.3, -0.25) is 19.5 Å². The Morgan fingerprint density at radius 1 is 0.968 bits per heavy atom. The molecular formula is C25H40N4O2. The van der Waals surface area contributed by atoms with Gasteiger partial charge in [0.25, 0.3) is 0 Å². The molecule has 1 aromatic rings. The summed E-state index contributed by atoms with van der Waals surface area (Å²) in [6.07, 6.45) is 6.27. The molecule has 1 N–H and O–H groups in total. The van der Waals surface area contributed by atoms with E-state index in [1.54, 1.807) is 0 Å². The topological polar surface area (TPSA) is 48.0 Å². The molecule has 0 bridgehead atoms. The van der Waals surface area contributed by atoms with Crippen molar-refractivity contribution in [3.05, 3.63) is 35.4 Å². The Balaban J connectivity index is 1.22. The lowest BCUT2D eigenvalue weighted by Crippen LogP contribution is -2.60. The Kier molecular flexibility index (Phi) is 7.99. The van der Waals surface area contributed by atoms with Crippen LogP contribution in [0.5, 0.6) is 0 Å². The number of hydrogen-bond donors (Lipinski definition) is 1. The lowest BCUT2D eigenvalue weighted by atomic mass is 9.79. The van der Waals surface area contributed by atoms with Crippen LogP contribution in [0.25, 0.3) is 0 Å². The van der Waals surface area contributed by atoms with E-state index in [0.29, 0.717) is 6.54 Å². The normalized spacial score (nSPS) is 23.5. The summed E-state index contributed by atoms with van der Waals surface area (Å²) in [5.41, 5.74) is 2.92. The van der Waals surface area contributed by atoms with Gasteiger partial charge >= 0.3 is 0 Å². The van der Waals surface area contributed by atoms with E-state index in [4.69, 9.17) is 4.74 Å². The van der Waals surface area contributed by atoms with Gasteiger partial charge in [-0.25, -0.2) is 0 Å². The Hall–Kier alpha value is -1.47. The number of carbonyl (C=O) groups is 1. The van der Waals surface area contributed by atoms with Crippen molar-refractivity contribution >= 4 is 5.91 Å². The fourth-order valence-corrected chi connectivity index (χ4v) is 5.51. The molecule has 4 rings (SSSR count). The molecule has 6 heteroatoms. The molecule has 172 valence electrons. The molecule has 2 heterocycles. The van der Waals surface area contributed by atoms with E-state index in [1.165, 1.54) is 43.2 Å². The number of ether oxygens (including phenoxy) is 1. The van der Waals surface area contributed by atoms with Crippen LogP contribution in [-0.4, -0.2) is 91.7 Å². The number of aryl methyl sites for hydroxylation is 1. The summed E-state index contributed by atoms with van der Waals surface area (Å²) < 4.78 is 5.57. The number of morpholine rings is 1. The summed E-state index contributed by atoms with van der Waals surface area (Å²) in [5, 5.41) is 3.32. The van der Waals surface area contributed by atoms with Gasteiger partial charge in [0.05, 0.1) is 19.8 Å². The summed E-state index contributed by atoms with van der Waals surface area (Å²) >= 11 is 0. The van der Waals surface area contributed by atoms with Crippen LogP contribution in [0, 0.1) is 6.92 Å². The third-order valence-electron chi connectivity index (χ3n) is 7.57. The third-order valence-corrected chi connectivity index (χ3v) is 7.57. The molecule has 0 unspecified atom stereocenters. The minimum atomic E-state index is 0.143. The average molecular weight is 429 g/mol. The van der Waals surface area contributed by atoms with E-state index in [0.717, 1.165) is 65.6 Å². The quantitative estimate of drug-likeness (QED) is 0.722. The van der Waals surface area contributed by atoms with Crippen molar-refractivity contribution < 1.29 is 9.53 Å². The maximum Gasteiger partial charge on any atom is 0.234 e. The zero-order chi connectivity index (χ0) is 21.5. The maximum atomic E-state index is 12.8. The Labute approximate surface area is 187 Å². The Bertz CT molecular complexity index is 705. The highest BCUT2D eigenvalue weighted by molar-refractivity contribution is 5.78. The number of piperazine rings is 1. The first-order valence-electron chi connectivity index (χ1n) is 12.2. The van der Waals surface area contributed by atoms with Crippen molar-refractivity contribution in [1.82, 2.24) is 20.0 Å². The van der Waals surface area contributed by atoms with Gasteiger partial charge in [0, 0.05) is 57.9 Å². The summed E-state index contributed by atoms with van der Waals surface area (Å²) in [6, 6.07) is 8.64. The van der Waals surface area contributed by atoms with Gasteiger partial charge < -0.3 is 10.1 Å². The number of nitrogens with one attached hydrogen (secondary N) is 1. The molecule has 31 heavy (non-hydrogen) atoms. The first-order valence-corrected chi connectivity index (χ1v) is 12.2. The number of benzene rings is 1. The van der Waals surface area contributed by atoms with Crippen molar-refractivity contribution in [1.29, 1.82) is 0 Å². The van der Waals surface area contributed by atoms with Crippen molar-refractivity contribution in [3.8, 4) is 0 Å².